The number of urea groups is 1. The van der Waals surface area contributed by atoms with Crippen LogP contribution in [0.2, 0.25) is 5.28 Å². The van der Waals surface area contributed by atoms with Crippen LogP contribution in [0, 0.1) is 13.8 Å². The summed E-state index contributed by atoms with van der Waals surface area (Å²) in [6.45, 7) is 7.29. The number of carbonyl (C=O) groups excluding carboxylic acids is 2. The first-order valence-corrected chi connectivity index (χ1v) is 17.7. The number of aryl methyl sites for hydroxylation is 2. The molecule has 0 spiro atoms. The van der Waals surface area contributed by atoms with Gasteiger partial charge in [-0.05, 0) is 73.7 Å². The third kappa shape index (κ3) is 6.64. The van der Waals surface area contributed by atoms with Gasteiger partial charge < -0.3 is 19.2 Å². The van der Waals surface area contributed by atoms with E-state index in [-0.39, 0.29) is 23.3 Å². The molecule has 0 bridgehead atoms. The van der Waals surface area contributed by atoms with Crippen LogP contribution in [0.4, 0.5) is 16.3 Å². The van der Waals surface area contributed by atoms with E-state index in [1.807, 2.05) is 73.2 Å². The third-order valence-corrected chi connectivity index (χ3v) is 10.2. The monoisotopic (exact) mass is 695 g/mol. The minimum absolute atomic E-state index is 0.000927. The van der Waals surface area contributed by atoms with Gasteiger partial charge in [-0.1, -0.05) is 60.8 Å². The number of rotatable bonds is 11. The number of carbonyl (C=O) groups is 2. The highest BCUT2D eigenvalue weighted by Crippen LogP contribution is 2.43. The van der Waals surface area contributed by atoms with Crippen LogP contribution in [0.5, 0.6) is 0 Å². The van der Waals surface area contributed by atoms with Crippen LogP contribution in [0.25, 0.3) is 16.8 Å². The molecule has 13 heteroatoms. The van der Waals surface area contributed by atoms with E-state index in [1.54, 1.807) is 4.90 Å². The van der Waals surface area contributed by atoms with Crippen LogP contribution in [0.1, 0.15) is 67.1 Å². The Hall–Kier alpha value is -4.97. The first-order valence-electron chi connectivity index (χ1n) is 17.4. The molecular weight excluding hydrogens is 654 g/mol. The SMILES string of the molecule is Cc1noc(C)c1-c1ccc2c(c1)C(c1ccccc1)N(CCCCCCCC(=O)N1CCN(c3ccc4nnc(Cl)n4n3)CC1)C(=O)N2C. The Kier molecular flexibility index (Phi) is 9.71. The summed E-state index contributed by atoms with van der Waals surface area (Å²) >= 11 is 6.09. The second-order valence-electron chi connectivity index (χ2n) is 13.1. The first-order chi connectivity index (χ1) is 24.3. The zero-order valence-corrected chi connectivity index (χ0v) is 29.5. The van der Waals surface area contributed by atoms with E-state index in [0.717, 1.165) is 77.3 Å². The molecule has 3 aromatic heterocycles. The number of halogens is 1. The van der Waals surface area contributed by atoms with Gasteiger partial charge in [-0.15, -0.1) is 15.3 Å². The number of nitrogens with zero attached hydrogens (tertiary/aromatic N) is 9. The maximum Gasteiger partial charge on any atom is 0.325 e. The Bertz CT molecular complexity index is 1970. The average molecular weight is 696 g/mol. The lowest BCUT2D eigenvalue weighted by atomic mass is 9.90. The molecule has 12 nitrogen and oxygen atoms in total. The second-order valence-corrected chi connectivity index (χ2v) is 13.5. The molecular formula is C37H42ClN9O3. The quantitative estimate of drug-likeness (QED) is 0.140. The summed E-state index contributed by atoms with van der Waals surface area (Å²) < 4.78 is 7.00. The van der Waals surface area contributed by atoms with Crippen LogP contribution < -0.4 is 9.80 Å². The molecule has 1 unspecified atom stereocenters. The lowest BCUT2D eigenvalue weighted by Crippen LogP contribution is -2.49. The summed E-state index contributed by atoms with van der Waals surface area (Å²) in [5.41, 5.74) is 6.57. The van der Waals surface area contributed by atoms with Crippen molar-refractivity contribution >= 4 is 40.7 Å². The third-order valence-electron chi connectivity index (χ3n) is 9.92. The molecule has 2 aliphatic rings. The molecule has 0 radical (unpaired) electrons. The molecule has 1 atom stereocenters. The van der Waals surface area contributed by atoms with Gasteiger partial charge in [0.15, 0.2) is 5.65 Å². The molecule has 0 aliphatic carbocycles. The van der Waals surface area contributed by atoms with Crippen molar-refractivity contribution in [3.8, 4) is 11.1 Å². The van der Waals surface area contributed by atoms with Gasteiger partial charge in [0.25, 0.3) is 0 Å². The molecule has 50 heavy (non-hydrogen) atoms. The highest BCUT2D eigenvalue weighted by atomic mass is 35.5. The summed E-state index contributed by atoms with van der Waals surface area (Å²) in [5.74, 6) is 1.78. The fourth-order valence-corrected chi connectivity index (χ4v) is 7.44. The largest absolute Gasteiger partial charge is 0.361 e. The van der Waals surface area contributed by atoms with E-state index in [2.05, 4.69) is 43.6 Å². The maximum absolute atomic E-state index is 13.8. The Morgan fingerprint density at radius 3 is 2.44 bits per heavy atom. The average Bonchev–Trinajstić information content (AvgIpc) is 3.69. The summed E-state index contributed by atoms with van der Waals surface area (Å²) in [7, 11) is 1.85. The molecule has 1 saturated heterocycles. The lowest BCUT2D eigenvalue weighted by molar-refractivity contribution is -0.131. The van der Waals surface area contributed by atoms with Crippen molar-refractivity contribution < 1.29 is 14.1 Å². The molecule has 2 aromatic carbocycles. The molecule has 7 rings (SSSR count). The molecule has 3 amide bonds. The van der Waals surface area contributed by atoms with Crippen LogP contribution in [-0.2, 0) is 4.79 Å². The van der Waals surface area contributed by atoms with Crippen molar-refractivity contribution in [2.75, 3.05) is 49.6 Å². The highest BCUT2D eigenvalue weighted by Gasteiger charge is 2.37. The van der Waals surface area contributed by atoms with Gasteiger partial charge in [0, 0.05) is 57.3 Å². The first kappa shape index (κ1) is 33.5. The van der Waals surface area contributed by atoms with Crippen LogP contribution in [-0.4, -0.2) is 86.5 Å². The zero-order valence-electron chi connectivity index (χ0n) is 28.8. The molecule has 260 valence electrons. The topological polar surface area (TPSA) is 116 Å². The van der Waals surface area contributed by atoms with Crippen molar-refractivity contribution in [3.63, 3.8) is 0 Å². The van der Waals surface area contributed by atoms with Crippen LogP contribution >= 0.6 is 11.6 Å². The number of anilines is 2. The molecule has 0 saturated carbocycles. The second kappa shape index (κ2) is 14.5. The smallest absolute Gasteiger partial charge is 0.325 e. The Morgan fingerprint density at radius 1 is 0.920 bits per heavy atom. The molecule has 0 N–H and O–H groups in total. The van der Waals surface area contributed by atoms with E-state index in [1.165, 1.54) is 4.52 Å². The number of unbranched alkanes of at least 4 members (excludes halogenated alkanes) is 4. The van der Waals surface area contributed by atoms with Crippen LogP contribution in [0.3, 0.4) is 0 Å². The number of fused-ring (bicyclic) bond motifs is 2. The molecule has 5 aromatic rings. The number of hydrogen-bond acceptors (Lipinski definition) is 8. The van der Waals surface area contributed by atoms with Gasteiger partial charge in [0.05, 0.1) is 17.4 Å². The number of aromatic nitrogens is 5. The lowest BCUT2D eigenvalue weighted by Gasteiger charge is -2.42. The van der Waals surface area contributed by atoms with E-state index in [9.17, 15) is 9.59 Å². The summed E-state index contributed by atoms with van der Waals surface area (Å²) in [6.07, 6.45) is 5.28. The number of amides is 3. The Morgan fingerprint density at radius 2 is 1.68 bits per heavy atom. The molecule has 2 aliphatic heterocycles. The van der Waals surface area contributed by atoms with E-state index < -0.39 is 0 Å². The molecule has 5 heterocycles. The summed E-state index contributed by atoms with van der Waals surface area (Å²) in [6, 6.07) is 20.1. The fourth-order valence-electron chi connectivity index (χ4n) is 7.28. The van der Waals surface area contributed by atoms with Gasteiger partial charge >= 0.3 is 6.03 Å². The minimum atomic E-state index is -0.201. The van der Waals surface area contributed by atoms with Gasteiger partial charge in [-0.2, -0.15) is 4.52 Å². The van der Waals surface area contributed by atoms with Gasteiger partial charge in [-0.25, -0.2) is 4.79 Å². The van der Waals surface area contributed by atoms with Crippen molar-refractivity contribution in [2.24, 2.45) is 0 Å². The van der Waals surface area contributed by atoms with Gasteiger partial charge in [0.2, 0.25) is 11.2 Å². The predicted molar refractivity (Wildman–Crippen MR) is 192 cm³/mol. The maximum atomic E-state index is 13.8. The van der Waals surface area contributed by atoms with E-state index >= 15 is 0 Å². The predicted octanol–water partition coefficient (Wildman–Crippen LogP) is 6.70. The highest BCUT2D eigenvalue weighted by molar-refractivity contribution is 6.28. The fraction of sp³-hybridized carbons (Fsp3) is 0.405. The zero-order chi connectivity index (χ0) is 34.8. The van der Waals surface area contributed by atoms with Crippen molar-refractivity contribution in [1.82, 2.24) is 34.8 Å². The minimum Gasteiger partial charge on any atom is -0.361 e. The van der Waals surface area contributed by atoms with E-state index in [4.69, 9.17) is 16.1 Å². The Labute approximate surface area is 296 Å². The van der Waals surface area contributed by atoms with Crippen molar-refractivity contribution in [3.05, 3.63) is 88.5 Å². The van der Waals surface area contributed by atoms with Gasteiger partial charge in [-0.3, -0.25) is 9.69 Å². The van der Waals surface area contributed by atoms with Gasteiger partial charge in [0.1, 0.15) is 11.6 Å². The van der Waals surface area contributed by atoms with Crippen molar-refractivity contribution in [2.45, 2.75) is 58.4 Å². The van der Waals surface area contributed by atoms with E-state index in [0.29, 0.717) is 44.8 Å². The standard InChI is InChI=1S/C37H42ClN9O3/c1-25-34(26(2)50-42-25)28-15-16-30-29(24-28)35(27-12-8-7-9-13-27)46(37(49)43(30)3)19-11-6-4-5-10-14-33(48)45-22-20-44(21-23-45)32-18-17-31-39-40-36(38)47(31)41-32/h7-9,12-13,15-18,24,35H,4-6,10-11,14,19-23H2,1-3H3. The summed E-state index contributed by atoms with van der Waals surface area (Å²) in [5, 5.41) is 16.8. The van der Waals surface area contributed by atoms with Crippen molar-refractivity contribution in [1.29, 1.82) is 0 Å². The number of piperazine rings is 1. The number of benzene rings is 2. The normalized spacial score (nSPS) is 16.4. The summed E-state index contributed by atoms with van der Waals surface area (Å²) in [4.78, 5) is 34.7. The Balaban J connectivity index is 0.912. The number of hydrogen-bond donors (Lipinski definition) is 0. The van der Waals surface area contributed by atoms with Crippen LogP contribution in [0.15, 0.2) is 65.2 Å². The molecule has 1 fully saturated rings.